The molecule has 2 nitrogen and oxygen atoms in total. The monoisotopic (exact) mass is 159 g/mol. The van der Waals surface area contributed by atoms with Crippen LogP contribution >= 0.6 is 0 Å². The van der Waals surface area contributed by atoms with E-state index in [4.69, 9.17) is 4.74 Å². The number of nitrogens with one attached hydrogen (secondary N) is 1. The molecule has 1 atom stereocenters. The standard InChI is InChI=1S/C9H21NO/c1-5-10-7-9(8(3)4)11-6-2/h8-10H,5-7H2,1-4H3. The molecule has 68 valence electrons. The van der Waals surface area contributed by atoms with Gasteiger partial charge >= 0.3 is 0 Å². The Kier molecular flexibility index (Phi) is 6.57. The summed E-state index contributed by atoms with van der Waals surface area (Å²) in [5.41, 5.74) is 0. The summed E-state index contributed by atoms with van der Waals surface area (Å²) in [5, 5.41) is 3.29. The molecule has 0 aromatic rings. The van der Waals surface area contributed by atoms with Gasteiger partial charge in [0.05, 0.1) is 6.10 Å². The summed E-state index contributed by atoms with van der Waals surface area (Å²) in [6.45, 7) is 11.4. The van der Waals surface area contributed by atoms with E-state index in [-0.39, 0.29) is 0 Å². The fourth-order valence-electron chi connectivity index (χ4n) is 0.988. The minimum Gasteiger partial charge on any atom is -0.377 e. The predicted molar refractivity (Wildman–Crippen MR) is 48.8 cm³/mol. The maximum Gasteiger partial charge on any atom is 0.0722 e. The summed E-state index contributed by atoms with van der Waals surface area (Å²) in [6, 6.07) is 0. The molecule has 0 aliphatic heterocycles. The van der Waals surface area contributed by atoms with Crippen molar-refractivity contribution < 1.29 is 4.74 Å². The van der Waals surface area contributed by atoms with Crippen LogP contribution in [0.3, 0.4) is 0 Å². The minimum absolute atomic E-state index is 0.375. The van der Waals surface area contributed by atoms with Gasteiger partial charge in [0, 0.05) is 13.2 Å². The highest BCUT2D eigenvalue weighted by Gasteiger charge is 2.11. The molecule has 0 radical (unpaired) electrons. The summed E-state index contributed by atoms with van der Waals surface area (Å²) in [5.74, 6) is 0.606. The van der Waals surface area contributed by atoms with Gasteiger partial charge in [-0.1, -0.05) is 20.8 Å². The molecule has 0 bridgehead atoms. The molecular weight excluding hydrogens is 138 g/mol. The van der Waals surface area contributed by atoms with E-state index < -0.39 is 0 Å². The van der Waals surface area contributed by atoms with E-state index in [2.05, 4.69) is 26.1 Å². The topological polar surface area (TPSA) is 21.3 Å². The molecule has 0 amide bonds. The van der Waals surface area contributed by atoms with E-state index in [0.29, 0.717) is 12.0 Å². The molecular formula is C9H21NO. The van der Waals surface area contributed by atoms with Crippen LogP contribution in [-0.2, 0) is 4.74 Å². The third-order valence-electron chi connectivity index (χ3n) is 1.72. The van der Waals surface area contributed by atoms with Gasteiger partial charge in [-0.2, -0.15) is 0 Å². The lowest BCUT2D eigenvalue weighted by Gasteiger charge is -2.20. The van der Waals surface area contributed by atoms with Crippen LogP contribution in [0, 0.1) is 5.92 Å². The summed E-state index contributed by atoms with van der Waals surface area (Å²) >= 11 is 0. The fraction of sp³-hybridized carbons (Fsp3) is 1.00. The van der Waals surface area contributed by atoms with E-state index in [1.54, 1.807) is 0 Å². The zero-order chi connectivity index (χ0) is 8.69. The van der Waals surface area contributed by atoms with Crippen molar-refractivity contribution in [2.24, 2.45) is 5.92 Å². The van der Waals surface area contributed by atoms with Crippen molar-refractivity contribution in [1.29, 1.82) is 0 Å². The summed E-state index contributed by atoms with van der Waals surface area (Å²) in [6.07, 6.45) is 0.375. The Bertz CT molecular complexity index is 83.6. The van der Waals surface area contributed by atoms with Crippen molar-refractivity contribution in [2.75, 3.05) is 19.7 Å². The second-order valence-corrected chi connectivity index (χ2v) is 3.05. The third-order valence-corrected chi connectivity index (χ3v) is 1.72. The van der Waals surface area contributed by atoms with Gasteiger partial charge in [-0.05, 0) is 19.4 Å². The average molecular weight is 159 g/mol. The molecule has 0 aromatic carbocycles. The highest BCUT2D eigenvalue weighted by atomic mass is 16.5. The summed E-state index contributed by atoms with van der Waals surface area (Å²) in [7, 11) is 0. The first-order chi connectivity index (χ1) is 5.22. The zero-order valence-corrected chi connectivity index (χ0v) is 8.18. The molecule has 0 saturated carbocycles. The lowest BCUT2D eigenvalue weighted by molar-refractivity contribution is 0.0315. The first kappa shape index (κ1) is 10.9. The Hall–Kier alpha value is -0.0800. The van der Waals surface area contributed by atoms with Crippen LogP contribution in [0.2, 0.25) is 0 Å². The van der Waals surface area contributed by atoms with Gasteiger partial charge in [-0.15, -0.1) is 0 Å². The summed E-state index contributed by atoms with van der Waals surface area (Å²) in [4.78, 5) is 0. The van der Waals surface area contributed by atoms with Crippen molar-refractivity contribution in [2.45, 2.75) is 33.8 Å². The van der Waals surface area contributed by atoms with E-state index in [9.17, 15) is 0 Å². The lowest BCUT2D eigenvalue weighted by atomic mass is 10.1. The Balaban J connectivity index is 3.51. The molecule has 1 unspecified atom stereocenters. The minimum atomic E-state index is 0.375. The van der Waals surface area contributed by atoms with Crippen LogP contribution in [0.4, 0.5) is 0 Å². The molecule has 0 saturated heterocycles. The number of likely N-dealkylation sites (N-methyl/N-ethyl adjacent to an activating group) is 1. The molecule has 2 heteroatoms. The SMILES string of the molecule is CCNCC(OCC)C(C)C. The summed E-state index contributed by atoms with van der Waals surface area (Å²) < 4.78 is 5.54. The van der Waals surface area contributed by atoms with Crippen molar-refractivity contribution in [3.63, 3.8) is 0 Å². The van der Waals surface area contributed by atoms with Gasteiger partial charge in [0.1, 0.15) is 0 Å². The van der Waals surface area contributed by atoms with Crippen LogP contribution in [0.15, 0.2) is 0 Å². The van der Waals surface area contributed by atoms with Crippen molar-refractivity contribution in [3.8, 4) is 0 Å². The van der Waals surface area contributed by atoms with Crippen molar-refractivity contribution in [3.05, 3.63) is 0 Å². The first-order valence-electron chi connectivity index (χ1n) is 4.54. The molecule has 0 rings (SSSR count). The van der Waals surface area contributed by atoms with Gasteiger partial charge in [0.15, 0.2) is 0 Å². The number of hydrogen-bond donors (Lipinski definition) is 1. The van der Waals surface area contributed by atoms with Crippen LogP contribution < -0.4 is 5.32 Å². The van der Waals surface area contributed by atoms with Crippen LogP contribution in [0.1, 0.15) is 27.7 Å². The van der Waals surface area contributed by atoms with Crippen molar-refractivity contribution in [1.82, 2.24) is 5.32 Å². The largest absolute Gasteiger partial charge is 0.377 e. The molecule has 0 aliphatic carbocycles. The van der Waals surface area contributed by atoms with E-state index in [1.807, 2.05) is 6.92 Å². The average Bonchev–Trinajstić information content (AvgIpc) is 1.97. The van der Waals surface area contributed by atoms with Gasteiger partial charge in [-0.3, -0.25) is 0 Å². The molecule has 0 aromatic heterocycles. The first-order valence-corrected chi connectivity index (χ1v) is 4.54. The predicted octanol–water partition coefficient (Wildman–Crippen LogP) is 1.66. The van der Waals surface area contributed by atoms with Gasteiger partial charge in [0.2, 0.25) is 0 Å². The molecule has 1 N–H and O–H groups in total. The number of ether oxygens (including phenoxy) is 1. The number of hydrogen-bond acceptors (Lipinski definition) is 2. The highest BCUT2D eigenvalue weighted by molar-refractivity contribution is 4.64. The molecule has 0 heterocycles. The Morgan fingerprint density at radius 1 is 1.27 bits per heavy atom. The Morgan fingerprint density at radius 2 is 1.91 bits per heavy atom. The maximum absolute atomic E-state index is 5.54. The number of rotatable bonds is 6. The van der Waals surface area contributed by atoms with Crippen LogP contribution in [-0.4, -0.2) is 25.8 Å². The quantitative estimate of drug-likeness (QED) is 0.636. The lowest BCUT2D eigenvalue weighted by Crippen LogP contribution is -2.33. The normalized spacial score (nSPS) is 13.9. The molecule has 0 fully saturated rings. The zero-order valence-electron chi connectivity index (χ0n) is 8.18. The van der Waals surface area contributed by atoms with Crippen molar-refractivity contribution >= 4 is 0 Å². The fourth-order valence-corrected chi connectivity index (χ4v) is 0.988. The maximum atomic E-state index is 5.54. The van der Waals surface area contributed by atoms with E-state index in [1.165, 1.54) is 0 Å². The van der Waals surface area contributed by atoms with Crippen LogP contribution in [0.5, 0.6) is 0 Å². The molecule has 0 spiro atoms. The van der Waals surface area contributed by atoms with E-state index in [0.717, 1.165) is 19.7 Å². The molecule has 0 aliphatic rings. The second kappa shape index (κ2) is 6.62. The van der Waals surface area contributed by atoms with Gasteiger partial charge < -0.3 is 10.1 Å². The van der Waals surface area contributed by atoms with E-state index >= 15 is 0 Å². The van der Waals surface area contributed by atoms with Gasteiger partial charge in [0.25, 0.3) is 0 Å². The third kappa shape index (κ3) is 5.22. The van der Waals surface area contributed by atoms with Crippen LogP contribution in [0.25, 0.3) is 0 Å². The molecule has 11 heavy (non-hydrogen) atoms. The highest BCUT2D eigenvalue weighted by Crippen LogP contribution is 2.04. The van der Waals surface area contributed by atoms with Gasteiger partial charge in [-0.25, -0.2) is 0 Å². The second-order valence-electron chi connectivity index (χ2n) is 3.05. The smallest absolute Gasteiger partial charge is 0.0722 e. The Morgan fingerprint density at radius 3 is 2.27 bits per heavy atom. The Labute approximate surface area is 70.3 Å².